The third-order valence-electron chi connectivity index (χ3n) is 4.47. The van der Waals surface area contributed by atoms with Gasteiger partial charge in [-0.15, -0.1) is 10.2 Å². The van der Waals surface area contributed by atoms with Crippen LogP contribution >= 0.6 is 23.2 Å². The maximum Gasteiger partial charge on any atom is 0.275 e. The molecule has 0 unspecified atom stereocenters. The van der Waals surface area contributed by atoms with Crippen molar-refractivity contribution in [3.63, 3.8) is 0 Å². The standard InChI is InChI=1S/C17H19Cl2N5O2/c1-8-7-9(2)12(24(25)26)10(3)11(8)13-20-21-15-17(18,19)14(16(4,5)6)22-23(13)15/h7H,1-6H3. The van der Waals surface area contributed by atoms with Gasteiger partial charge in [0.1, 0.15) is 0 Å². The number of hydrogen-bond donors (Lipinski definition) is 0. The number of fused-ring (bicyclic) bond motifs is 1. The fourth-order valence-electron chi connectivity index (χ4n) is 3.42. The summed E-state index contributed by atoms with van der Waals surface area (Å²) in [5, 5.41) is 24.4. The molecule has 9 heteroatoms. The molecule has 0 aliphatic carbocycles. The molecule has 0 saturated heterocycles. The fourth-order valence-corrected chi connectivity index (χ4v) is 4.29. The molecule has 2 heterocycles. The lowest BCUT2D eigenvalue weighted by molar-refractivity contribution is -0.386. The van der Waals surface area contributed by atoms with Crippen LogP contribution in [0.4, 0.5) is 5.69 Å². The Morgan fingerprint density at radius 1 is 1.15 bits per heavy atom. The van der Waals surface area contributed by atoms with Gasteiger partial charge in [-0.25, -0.2) is 0 Å². The van der Waals surface area contributed by atoms with Crippen LogP contribution in [0.25, 0.3) is 11.4 Å². The van der Waals surface area contributed by atoms with Gasteiger partial charge in [0.15, 0.2) is 11.6 Å². The molecule has 1 aromatic carbocycles. The highest BCUT2D eigenvalue weighted by atomic mass is 35.5. The highest BCUT2D eigenvalue weighted by molar-refractivity contribution is 6.58. The topological polar surface area (TPSA) is 86.2 Å². The second-order valence-corrected chi connectivity index (χ2v) is 8.88. The van der Waals surface area contributed by atoms with Crippen molar-refractivity contribution in [2.24, 2.45) is 10.5 Å². The number of hydrogen-bond acceptors (Lipinski definition) is 5. The molecule has 0 atom stereocenters. The quantitative estimate of drug-likeness (QED) is 0.419. The van der Waals surface area contributed by atoms with Crippen LogP contribution in [-0.2, 0) is 4.33 Å². The summed E-state index contributed by atoms with van der Waals surface area (Å²) in [6, 6.07) is 1.76. The van der Waals surface area contributed by atoms with Crippen molar-refractivity contribution < 1.29 is 4.92 Å². The molecule has 0 spiro atoms. The van der Waals surface area contributed by atoms with Gasteiger partial charge in [0.05, 0.1) is 10.6 Å². The van der Waals surface area contributed by atoms with Crippen molar-refractivity contribution in [3.05, 3.63) is 38.7 Å². The molecule has 138 valence electrons. The molecular weight excluding hydrogens is 377 g/mol. The van der Waals surface area contributed by atoms with Crippen LogP contribution < -0.4 is 0 Å². The lowest BCUT2D eigenvalue weighted by atomic mass is 9.88. The maximum atomic E-state index is 11.5. The van der Waals surface area contributed by atoms with Gasteiger partial charge in [-0.3, -0.25) is 10.1 Å². The van der Waals surface area contributed by atoms with E-state index < -0.39 is 4.33 Å². The van der Waals surface area contributed by atoms with Crippen LogP contribution in [0.3, 0.4) is 0 Å². The number of aryl methyl sites for hydroxylation is 2. The summed E-state index contributed by atoms with van der Waals surface area (Å²) >= 11 is 13.1. The highest BCUT2D eigenvalue weighted by Crippen LogP contribution is 2.46. The predicted molar refractivity (Wildman–Crippen MR) is 102 cm³/mol. The molecule has 2 aromatic rings. The summed E-state index contributed by atoms with van der Waals surface area (Å²) in [5.74, 6) is 0.686. The zero-order valence-electron chi connectivity index (χ0n) is 15.4. The van der Waals surface area contributed by atoms with Crippen LogP contribution in [0.15, 0.2) is 11.2 Å². The summed E-state index contributed by atoms with van der Waals surface area (Å²) in [5.41, 5.74) is 2.79. The molecule has 0 N–H and O–H groups in total. The van der Waals surface area contributed by atoms with Crippen molar-refractivity contribution in [2.45, 2.75) is 45.9 Å². The van der Waals surface area contributed by atoms with Gasteiger partial charge in [0.25, 0.3) is 5.69 Å². The molecule has 26 heavy (non-hydrogen) atoms. The van der Waals surface area contributed by atoms with Gasteiger partial charge >= 0.3 is 0 Å². The smallest absolute Gasteiger partial charge is 0.258 e. The van der Waals surface area contributed by atoms with E-state index in [-0.39, 0.29) is 16.0 Å². The van der Waals surface area contributed by atoms with Gasteiger partial charge in [-0.1, -0.05) is 44.0 Å². The number of nitro benzene ring substituents is 1. The van der Waals surface area contributed by atoms with Crippen LogP contribution in [0.1, 0.15) is 43.3 Å². The molecule has 1 aliphatic rings. The number of benzene rings is 1. The number of alkyl halides is 2. The Labute approximate surface area is 161 Å². The molecule has 7 nitrogen and oxygen atoms in total. The maximum absolute atomic E-state index is 11.5. The Kier molecular flexibility index (Phi) is 4.16. The third kappa shape index (κ3) is 2.61. The Bertz CT molecular complexity index is 971. The second-order valence-electron chi connectivity index (χ2n) is 7.55. The Morgan fingerprint density at radius 2 is 1.77 bits per heavy atom. The fraction of sp³-hybridized carbons (Fsp3) is 0.471. The monoisotopic (exact) mass is 395 g/mol. The lowest BCUT2D eigenvalue weighted by Crippen LogP contribution is -2.32. The summed E-state index contributed by atoms with van der Waals surface area (Å²) in [7, 11) is 0. The zero-order valence-corrected chi connectivity index (χ0v) is 16.9. The largest absolute Gasteiger partial charge is 0.275 e. The summed E-state index contributed by atoms with van der Waals surface area (Å²) in [4.78, 5) is 11.1. The van der Waals surface area contributed by atoms with Crippen molar-refractivity contribution in [1.29, 1.82) is 0 Å². The van der Waals surface area contributed by atoms with E-state index in [2.05, 4.69) is 15.3 Å². The van der Waals surface area contributed by atoms with E-state index in [9.17, 15) is 10.1 Å². The number of halogens is 2. The first kappa shape index (κ1) is 18.8. The van der Waals surface area contributed by atoms with Gasteiger partial charge < -0.3 is 0 Å². The van der Waals surface area contributed by atoms with Crippen LogP contribution in [0.2, 0.25) is 0 Å². The highest BCUT2D eigenvalue weighted by Gasteiger charge is 2.49. The third-order valence-corrected chi connectivity index (χ3v) is 5.16. The number of nitro groups is 1. The van der Waals surface area contributed by atoms with Crippen molar-refractivity contribution in [2.75, 3.05) is 0 Å². The average Bonchev–Trinajstić information content (AvgIpc) is 2.97. The Morgan fingerprint density at radius 3 is 2.31 bits per heavy atom. The van der Waals surface area contributed by atoms with Crippen molar-refractivity contribution in [1.82, 2.24) is 14.9 Å². The molecular formula is C17H19Cl2N5O2. The molecule has 0 radical (unpaired) electrons. The summed E-state index contributed by atoms with van der Waals surface area (Å²) in [6.07, 6.45) is 0. The van der Waals surface area contributed by atoms with E-state index in [1.807, 2.05) is 27.7 Å². The minimum Gasteiger partial charge on any atom is -0.258 e. The van der Waals surface area contributed by atoms with E-state index in [1.165, 1.54) is 4.68 Å². The first-order valence-electron chi connectivity index (χ1n) is 8.06. The minimum absolute atomic E-state index is 0.0592. The van der Waals surface area contributed by atoms with Gasteiger partial charge in [0, 0.05) is 22.1 Å². The van der Waals surface area contributed by atoms with Gasteiger partial charge in [-0.05, 0) is 32.4 Å². The van der Waals surface area contributed by atoms with E-state index >= 15 is 0 Å². The SMILES string of the molecule is Cc1cc(C)c([N+](=O)[O-])c(C)c1-c1nnc2n1N=C(C(C)(C)C)C2(Cl)Cl. The number of nitrogens with zero attached hydrogens (tertiary/aromatic N) is 5. The van der Waals surface area contributed by atoms with Gasteiger partial charge in [-0.2, -0.15) is 9.78 Å². The van der Waals surface area contributed by atoms with Crippen LogP contribution in [0.5, 0.6) is 0 Å². The molecule has 1 aromatic heterocycles. The molecule has 0 saturated carbocycles. The van der Waals surface area contributed by atoms with E-state index in [4.69, 9.17) is 23.2 Å². The van der Waals surface area contributed by atoms with E-state index in [0.717, 1.165) is 5.56 Å². The van der Waals surface area contributed by atoms with E-state index in [0.29, 0.717) is 34.1 Å². The molecule has 3 rings (SSSR count). The molecule has 0 bridgehead atoms. The molecule has 1 aliphatic heterocycles. The minimum atomic E-state index is -1.40. The van der Waals surface area contributed by atoms with Gasteiger partial charge in [0.2, 0.25) is 4.33 Å². The number of aromatic nitrogens is 3. The summed E-state index contributed by atoms with van der Waals surface area (Å²) < 4.78 is 0.0942. The second kappa shape index (κ2) is 5.76. The molecule has 0 amide bonds. The van der Waals surface area contributed by atoms with Crippen LogP contribution in [0, 0.1) is 36.3 Å². The zero-order chi connectivity index (χ0) is 19.6. The molecule has 0 fully saturated rings. The Hall–Kier alpha value is -1.99. The summed E-state index contributed by atoms with van der Waals surface area (Å²) in [6.45, 7) is 11.2. The predicted octanol–water partition coefficient (Wildman–Crippen LogP) is 4.67. The van der Waals surface area contributed by atoms with Crippen LogP contribution in [-0.4, -0.2) is 25.5 Å². The normalized spacial score (nSPS) is 15.8. The van der Waals surface area contributed by atoms with Crippen molar-refractivity contribution >= 4 is 34.6 Å². The van der Waals surface area contributed by atoms with E-state index in [1.54, 1.807) is 19.9 Å². The first-order chi connectivity index (χ1) is 11.9. The van der Waals surface area contributed by atoms with Crippen molar-refractivity contribution in [3.8, 4) is 11.4 Å². The number of rotatable bonds is 2. The Balaban J connectivity index is 2.31. The average molecular weight is 396 g/mol. The first-order valence-corrected chi connectivity index (χ1v) is 8.82. The lowest BCUT2D eigenvalue weighted by Gasteiger charge is -2.24.